The van der Waals surface area contributed by atoms with E-state index in [2.05, 4.69) is 25.0 Å². The van der Waals surface area contributed by atoms with Crippen molar-refractivity contribution in [1.82, 2.24) is 29.5 Å². The molecule has 0 spiro atoms. The van der Waals surface area contributed by atoms with Gasteiger partial charge in [-0.25, -0.2) is 9.97 Å². The molecule has 1 amide bonds. The maximum absolute atomic E-state index is 13.0. The summed E-state index contributed by atoms with van der Waals surface area (Å²) >= 11 is 7.31. The number of carbonyl (C=O) groups is 1. The minimum Gasteiger partial charge on any atom is -0.486 e. The van der Waals surface area contributed by atoms with E-state index < -0.39 is 0 Å². The number of thiazole rings is 1. The molecule has 4 aromatic rings. The highest BCUT2D eigenvalue weighted by Gasteiger charge is 2.25. The van der Waals surface area contributed by atoms with Crippen LogP contribution >= 0.6 is 22.9 Å². The van der Waals surface area contributed by atoms with E-state index in [1.807, 2.05) is 17.9 Å². The topological polar surface area (TPSA) is 88.8 Å². The molecule has 11 heteroatoms. The summed E-state index contributed by atoms with van der Waals surface area (Å²) < 4.78 is 7.46. The van der Waals surface area contributed by atoms with Crippen molar-refractivity contribution in [2.75, 3.05) is 31.1 Å². The van der Waals surface area contributed by atoms with Gasteiger partial charge >= 0.3 is 0 Å². The Kier molecular flexibility index (Phi) is 5.62. The number of ether oxygens (including phenoxy) is 1. The fraction of sp³-hybridized carbons (Fsp3) is 0.286. The summed E-state index contributed by atoms with van der Waals surface area (Å²) in [6.07, 6.45) is 1.50. The Labute approximate surface area is 193 Å². The summed E-state index contributed by atoms with van der Waals surface area (Å²) in [6, 6.07) is 9.15. The summed E-state index contributed by atoms with van der Waals surface area (Å²) in [5, 5.41) is 7.48. The van der Waals surface area contributed by atoms with Crippen molar-refractivity contribution < 1.29 is 9.53 Å². The third-order valence-corrected chi connectivity index (χ3v) is 6.27. The molecule has 164 valence electrons. The van der Waals surface area contributed by atoms with Crippen molar-refractivity contribution in [3.05, 3.63) is 63.5 Å². The molecule has 0 N–H and O–H groups in total. The molecule has 1 aliphatic heterocycles. The van der Waals surface area contributed by atoms with Crippen LogP contribution in [-0.4, -0.2) is 61.6 Å². The summed E-state index contributed by atoms with van der Waals surface area (Å²) in [7, 11) is 0. The van der Waals surface area contributed by atoms with Gasteiger partial charge in [-0.3, -0.25) is 4.79 Å². The molecule has 4 heterocycles. The first kappa shape index (κ1) is 20.7. The van der Waals surface area contributed by atoms with E-state index in [-0.39, 0.29) is 5.91 Å². The van der Waals surface area contributed by atoms with Crippen LogP contribution in [0.15, 0.2) is 42.0 Å². The van der Waals surface area contributed by atoms with Crippen LogP contribution in [0, 0.1) is 6.92 Å². The molecule has 0 bridgehead atoms. The third-order valence-electron chi connectivity index (χ3n) is 5.20. The largest absolute Gasteiger partial charge is 0.486 e. The van der Waals surface area contributed by atoms with E-state index in [1.54, 1.807) is 34.2 Å². The Morgan fingerprint density at radius 2 is 1.94 bits per heavy atom. The molecule has 3 aromatic heterocycles. The zero-order chi connectivity index (χ0) is 22.1. The second kappa shape index (κ2) is 8.71. The molecule has 1 saturated heterocycles. The van der Waals surface area contributed by atoms with Crippen LogP contribution in [-0.2, 0) is 6.61 Å². The van der Waals surface area contributed by atoms with Gasteiger partial charge in [-0.05, 0) is 31.2 Å². The average Bonchev–Trinajstić information content (AvgIpc) is 3.47. The number of fused-ring (bicyclic) bond motifs is 1. The number of amides is 1. The van der Waals surface area contributed by atoms with Crippen LogP contribution in [0.3, 0.4) is 0 Å². The van der Waals surface area contributed by atoms with E-state index in [4.69, 9.17) is 16.3 Å². The van der Waals surface area contributed by atoms with Crippen molar-refractivity contribution in [3.8, 4) is 5.75 Å². The van der Waals surface area contributed by atoms with Gasteiger partial charge < -0.3 is 14.5 Å². The number of aryl methyl sites for hydroxylation is 1. The molecule has 0 unspecified atom stereocenters. The maximum Gasteiger partial charge on any atom is 0.273 e. The minimum absolute atomic E-state index is 0.0598. The van der Waals surface area contributed by atoms with E-state index >= 15 is 0 Å². The van der Waals surface area contributed by atoms with E-state index in [0.29, 0.717) is 55.0 Å². The Hall–Kier alpha value is -3.24. The highest BCUT2D eigenvalue weighted by molar-refractivity contribution is 7.09. The molecule has 1 aromatic carbocycles. The van der Waals surface area contributed by atoms with Crippen LogP contribution in [0.4, 0.5) is 5.82 Å². The van der Waals surface area contributed by atoms with Gasteiger partial charge in [-0.15, -0.1) is 11.3 Å². The van der Waals surface area contributed by atoms with Gasteiger partial charge in [0.2, 0.25) is 0 Å². The van der Waals surface area contributed by atoms with Crippen molar-refractivity contribution >= 4 is 40.4 Å². The van der Waals surface area contributed by atoms with Crippen LogP contribution in [0.2, 0.25) is 5.02 Å². The molecule has 9 nitrogen and oxygen atoms in total. The number of aromatic nitrogens is 5. The Bertz CT molecular complexity index is 1250. The van der Waals surface area contributed by atoms with E-state index in [9.17, 15) is 4.79 Å². The smallest absolute Gasteiger partial charge is 0.273 e. The Morgan fingerprint density at radius 3 is 2.72 bits per heavy atom. The number of carbonyl (C=O) groups excluding carboxylic acids is 1. The van der Waals surface area contributed by atoms with Crippen LogP contribution in [0.25, 0.3) is 5.78 Å². The fourth-order valence-corrected chi connectivity index (χ4v) is 4.39. The number of hydrogen-bond donors (Lipinski definition) is 0. The van der Waals surface area contributed by atoms with E-state index in [1.165, 1.54) is 17.7 Å². The first-order chi connectivity index (χ1) is 15.6. The normalized spacial score (nSPS) is 14.2. The lowest BCUT2D eigenvalue weighted by Crippen LogP contribution is -2.49. The standard InChI is InChI=1S/C21H20ClN7O2S/c1-14-10-19(29-21(25-14)23-13-24-29)27-6-8-28(9-7-27)20(30)17-12-32-18(26-17)11-31-16-4-2-15(22)3-5-16/h2-5,10,12-13H,6-9,11H2,1H3. The maximum atomic E-state index is 13.0. The zero-order valence-electron chi connectivity index (χ0n) is 17.3. The first-order valence-corrected chi connectivity index (χ1v) is 11.4. The lowest BCUT2D eigenvalue weighted by molar-refractivity contribution is 0.0741. The molecular formula is C21H20ClN7O2S. The monoisotopic (exact) mass is 469 g/mol. The van der Waals surface area contributed by atoms with Crippen LogP contribution < -0.4 is 9.64 Å². The summed E-state index contributed by atoms with van der Waals surface area (Å²) in [4.78, 5) is 30.0. The lowest BCUT2D eigenvalue weighted by Gasteiger charge is -2.35. The van der Waals surface area contributed by atoms with Gasteiger partial charge in [0, 0.05) is 48.3 Å². The van der Waals surface area contributed by atoms with Gasteiger partial charge in [0.25, 0.3) is 11.7 Å². The predicted octanol–water partition coefficient (Wildman–Crippen LogP) is 3.08. The molecule has 32 heavy (non-hydrogen) atoms. The fourth-order valence-electron chi connectivity index (χ4n) is 3.59. The van der Waals surface area contributed by atoms with E-state index in [0.717, 1.165) is 16.5 Å². The van der Waals surface area contributed by atoms with Gasteiger partial charge in [-0.1, -0.05) is 11.6 Å². The number of hydrogen-bond acceptors (Lipinski definition) is 8. The molecule has 1 aliphatic rings. The molecule has 0 atom stereocenters. The van der Waals surface area contributed by atoms with Crippen LogP contribution in [0.1, 0.15) is 21.2 Å². The number of rotatable bonds is 5. The van der Waals surface area contributed by atoms with Crippen molar-refractivity contribution in [1.29, 1.82) is 0 Å². The highest BCUT2D eigenvalue weighted by Crippen LogP contribution is 2.21. The summed E-state index contributed by atoms with van der Waals surface area (Å²) in [6.45, 7) is 4.84. The predicted molar refractivity (Wildman–Crippen MR) is 122 cm³/mol. The second-order valence-corrected chi connectivity index (χ2v) is 8.75. The minimum atomic E-state index is -0.0598. The quantitative estimate of drug-likeness (QED) is 0.443. The number of anilines is 1. The van der Waals surface area contributed by atoms with Gasteiger partial charge in [-0.2, -0.15) is 14.6 Å². The highest BCUT2D eigenvalue weighted by atomic mass is 35.5. The van der Waals surface area contributed by atoms with Crippen molar-refractivity contribution in [2.24, 2.45) is 0 Å². The first-order valence-electron chi connectivity index (χ1n) is 10.1. The van der Waals surface area contributed by atoms with Gasteiger partial charge in [0.1, 0.15) is 35.2 Å². The molecule has 0 aliphatic carbocycles. The molecule has 0 radical (unpaired) electrons. The SMILES string of the molecule is Cc1cc(N2CCN(C(=O)c3csc(COc4ccc(Cl)cc4)n3)CC2)n2ncnc2n1. The molecule has 0 saturated carbocycles. The third kappa shape index (κ3) is 4.23. The molecular weight excluding hydrogens is 450 g/mol. The zero-order valence-corrected chi connectivity index (χ0v) is 18.9. The van der Waals surface area contributed by atoms with Gasteiger partial charge in [0.05, 0.1) is 0 Å². The number of benzene rings is 1. The summed E-state index contributed by atoms with van der Waals surface area (Å²) in [5.41, 5.74) is 1.34. The Morgan fingerprint density at radius 1 is 1.16 bits per heavy atom. The number of piperazine rings is 1. The lowest BCUT2D eigenvalue weighted by atomic mass is 10.2. The van der Waals surface area contributed by atoms with Crippen molar-refractivity contribution in [2.45, 2.75) is 13.5 Å². The number of halogens is 1. The molecule has 5 rings (SSSR count). The number of nitrogens with zero attached hydrogens (tertiary/aromatic N) is 7. The molecule has 1 fully saturated rings. The second-order valence-electron chi connectivity index (χ2n) is 7.38. The van der Waals surface area contributed by atoms with Crippen molar-refractivity contribution in [3.63, 3.8) is 0 Å². The average molecular weight is 470 g/mol. The van der Waals surface area contributed by atoms with Gasteiger partial charge in [0.15, 0.2) is 0 Å². The van der Waals surface area contributed by atoms with Crippen LogP contribution in [0.5, 0.6) is 5.75 Å². The Balaban J connectivity index is 1.20. The summed E-state index contributed by atoms with van der Waals surface area (Å²) in [5.74, 6) is 2.17.